The number of benzene rings is 1. The summed E-state index contributed by atoms with van der Waals surface area (Å²) in [4.78, 5) is 14.8. The van der Waals surface area contributed by atoms with E-state index in [1.54, 1.807) is 7.11 Å². The van der Waals surface area contributed by atoms with Crippen molar-refractivity contribution in [3.05, 3.63) is 46.2 Å². The van der Waals surface area contributed by atoms with Crippen LogP contribution in [0, 0.1) is 0 Å². The number of morpholine rings is 1. The lowest BCUT2D eigenvalue weighted by molar-refractivity contribution is -0.138. The largest absolute Gasteiger partial charge is 0.493 e. The quantitative estimate of drug-likeness (QED) is 0.709. The van der Waals surface area contributed by atoms with Gasteiger partial charge < -0.3 is 19.3 Å². The highest BCUT2D eigenvalue weighted by Crippen LogP contribution is 2.31. The molecule has 146 valence electrons. The van der Waals surface area contributed by atoms with Gasteiger partial charge in [0.05, 0.1) is 26.2 Å². The van der Waals surface area contributed by atoms with Crippen molar-refractivity contribution in [3.8, 4) is 11.5 Å². The van der Waals surface area contributed by atoms with Crippen LogP contribution < -0.4 is 9.47 Å². The molecule has 2 aromatic rings. The molecule has 0 radical (unpaired) electrons. The van der Waals surface area contributed by atoms with E-state index in [1.807, 2.05) is 35.7 Å². The van der Waals surface area contributed by atoms with Gasteiger partial charge in [0.25, 0.3) is 0 Å². The van der Waals surface area contributed by atoms with Gasteiger partial charge in [-0.2, -0.15) is 0 Å². The van der Waals surface area contributed by atoms with Gasteiger partial charge >= 0.3 is 5.97 Å². The molecule has 0 saturated carbocycles. The normalized spacial score (nSPS) is 16.0. The number of carboxylic acid groups (broad SMARTS) is 1. The van der Waals surface area contributed by atoms with E-state index < -0.39 is 11.9 Å². The highest BCUT2D eigenvalue weighted by molar-refractivity contribution is 7.10. The molecule has 1 aliphatic rings. The predicted molar refractivity (Wildman–Crippen MR) is 104 cm³/mol. The Morgan fingerprint density at radius 2 is 2.11 bits per heavy atom. The number of hydrogen-bond acceptors (Lipinski definition) is 6. The summed E-state index contributed by atoms with van der Waals surface area (Å²) in [6.07, 6.45) is 0.416. The zero-order valence-electron chi connectivity index (χ0n) is 15.4. The number of rotatable bonds is 9. The first-order valence-electron chi connectivity index (χ1n) is 9.03. The number of carboxylic acids is 1. The van der Waals surface area contributed by atoms with E-state index in [0.29, 0.717) is 24.5 Å². The van der Waals surface area contributed by atoms with E-state index in [2.05, 4.69) is 4.90 Å². The Hall–Kier alpha value is -2.09. The maximum atomic E-state index is 11.7. The molecular formula is C20H25NO5S. The lowest BCUT2D eigenvalue weighted by atomic mass is 9.97. The number of carbonyl (C=O) groups is 1. The molecule has 2 heterocycles. The number of nitrogens with zero attached hydrogens (tertiary/aromatic N) is 1. The van der Waals surface area contributed by atoms with E-state index in [4.69, 9.17) is 14.2 Å². The molecule has 0 amide bonds. The SMILES string of the molecule is COc1ccc(CC(C(=O)O)c2cccs2)cc1OCCN1CCOCC1. The van der Waals surface area contributed by atoms with Crippen molar-refractivity contribution in [2.75, 3.05) is 46.6 Å². The third-order valence-corrected chi connectivity index (χ3v) is 5.61. The average Bonchev–Trinajstić information content (AvgIpc) is 3.21. The van der Waals surface area contributed by atoms with Crippen molar-refractivity contribution in [2.45, 2.75) is 12.3 Å². The Morgan fingerprint density at radius 1 is 1.30 bits per heavy atom. The van der Waals surface area contributed by atoms with E-state index in [0.717, 1.165) is 43.3 Å². The zero-order valence-corrected chi connectivity index (χ0v) is 16.2. The minimum absolute atomic E-state index is 0.416. The third kappa shape index (κ3) is 5.45. The van der Waals surface area contributed by atoms with Crippen LogP contribution in [-0.4, -0.2) is 62.5 Å². The van der Waals surface area contributed by atoms with Gasteiger partial charge in [0.1, 0.15) is 6.61 Å². The Kier molecular flexibility index (Phi) is 7.09. The van der Waals surface area contributed by atoms with Gasteiger partial charge in [-0.05, 0) is 35.6 Å². The summed E-state index contributed by atoms with van der Waals surface area (Å²) < 4.78 is 16.7. The number of aliphatic carboxylic acids is 1. The molecule has 27 heavy (non-hydrogen) atoms. The molecule has 1 aromatic carbocycles. The van der Waals surface area contributed by atoms with Crippen molar-refractivity contribution < 1.29 is 24.1 Å². The molecule has 1 unspecified atom stereocenters. The fourth-order valence-electron chi connectivity index (χ4n) is 3.11. The van der Waals surface area contributed by atoms with Crippen LogP contribution in [0.3, 0.4) is 0 Å². The molecule has 1 N–H and O–H groups in total. The number of methoxy groups -OCH3 is 1. The van der Waals surface area contributed by atoms with Crippen molar-refractivity contribution in [1.82, 2.24) is 4.90 Å². The second kappa shape index (κ2) is 9.73. The average molecular weight is 391 g/mol. The predicted octanol–water partition coefficient (Wildman–Crippen LogP) is 2.88. The van der Waals surface area contributed by atoms with Gasteiger partial charge in [-0.3, -0.25) is 9.69 Å². The standard InChI is InChI=1S/C20H25NO5S/c1-24-17-5-4-15(13-16(20(22)23)19-3-2-12-27-19)14-18(17)26-11-8-21-6-9-25-10-7-21/h2-5,12,14,16H,6-11,13H2,1H3,(H,22,23). The summed E-state index contributed by atoms with van der Waals surface area (Å²) >= 11 is 1.47. The number of ether oxygens (including phenoxy) is 3. The number of thiophene rings is 1. The lowest BCUT2D eigenvalue weighted by Gasteiger charge is -2.26. The van der Waals surface area contributed by atoms with Crippen molar-refractivity contribution in [2.24, 2.45) is 0 Å². The molecule has 7 heteroatoms. The van der Waals surface area contributed by atoms with Gasteiger partial charge in [0, 0.05) is 24.5 Å². The molecule has 0 bridgehead atoms. The molecule has 6 nitrogen and oxygen atoms in total. The number of hydrogen-bond donors (Lipinski definition) is 1. The van der Waals surface area contributed by atoms with E-state index in [9.17, 15) is 9.90 Å². The Balaban J connectivity index is 1.66. The Bertz CT molecular complexity index is 728. The van der Waals surface area contributed by atoms with Crippen LogP contribution in [0.2, 0.25) is 0 Å². The lowest BCUT2D eigenvalue weighted by Crippen LogP contribution is -2.38. The monoisotopic (exact) mass is 391 g/mol. The second-order valence-electron chi connectivity index (χ2n) is 6.40. The Labute approximate surface area is 163 Å². The van der Waals surface area contributed by atoms with Crippen molar-refractivity contribution in [3.63, 3.8) is 0 Å². The van der Waals surface area contributed by atoms with Crippen LogP contribution in [0.15, 0.2) is 35.7 Å². The van der Waals surface area contributed by atoms with Crippen LogP contribution in [0.4, 0.5) is 0 Å². The minimum atomic E-state index is -0.817. The first kappa shape index (κ1) is 19.7. The summed E-state index contributed by atoms with van der Waals surface area (Å²) in [5, 5.41) is 11.5. The van der Waals surface area contributed by atoms with Gasteiger partial charge in [0.2, 0.25) is 0 Å². The smallest absolute Gasteiger partial charge is 0.312 e. The third-order valence-electron chi connectivity index (χ3n) is 4.62. The van der Waals surface area contributed by atoms with Crippen molar-refractivity contribution >= 4 is 17.3 Å². The summed E-state index contributed by atoms with van der Waals surface area (Å²) in [6.45, 7) is 4.73. The van der Waals surface area contributed by atoms with Gasteiger partial charge in [0.15, 0.2) is 11.5 Å². The van der Waals surface area contributed by atoms with E-state index in [-0.39, 0.29) is 0 Å². The first-order valence-corrected chi connectivity index (χ1v) is 9.91. The van der Waals surface area contributed by atoms with E-state index >= 15 is 0 Å². The van der Waals surface area contributed by atoms with E-state index in [1.165, 1.54) is 11.3 Å². The molecule has 1 aromatic heterocycles. The van der Waals surface area contributed by atoms with Crippen LogP contribution in [-0.2, 0) is 16.0 Å². The summed E-state index contributed by atoms with van der Waals surface area (Å²) in [5.74, 6) is -0.0649. The molecule has 1 atom stereocenters. The maximum absolute atomic E-state index is 11.7. The van der Waals surface area contributed by atoms with Crippen LogP contribution in [0.5, 0.6) is 11.5 Å². The second-order valence-corrected chi connectivity index (χ2v) is 7.38. The topological polar surface area (TPSA) is 68.2 Å². The highest BCUT2D eigenvalue weighted by Gasteiger charge is 2.22. The fraction of sp³-hybridized carbons (Fsp3) is 0.450. The van der Waals surface area contributed by atoms with Gasteiger partial charge in [-0.1, -0.05) is 12.1 Å². The zero-order chi connectivity index (χ0) is 19.1. The molecule has 1 aliphatic heterocycles. The molecule has 0 spiro atoms. The minimum Gasteiger partial charge on any atom is -0.493 e. The molecule has 0 aliphatic carbocycles. The van der Waals surface area contributed by atoms with Crippen molar-refractivity contribution in [1.29, 1.82) is 0 Å². The fourth-order valence-corrected chi connectivity index (χ4v) is 3.93. The summed E-state index contributed by atoms with van der Waals surface area (Å²) in [7, 11) is 1.61. The molecule has 3 rings (SSSR count). The highest BCUT2D eigenvalue weighted by atomic mass is 32.1. The Morgan fingerprint density at radius 3 is 2.78 bits per heavy atom. The van der Waals surface area contributed by atoms with Gasteiger partial charge in [-0.15, -0.1) is 11.3 Å². The molecule has 1 saturated heterocycles. The summed E-state index contributed by atoms with van der Waals surface area (Å²) in [5.41, 5.74) is 0.915. The van der Waals surface area contributed by atoms with Crippen LogP contribution in [0.25, 0.3) is 0 Å². The molecule has 1 fully saturated rings. The van der Waals surface area contributed by atoms with Crippen LogP contribution in [0.1, 0.15) is 16.4 Å². The van der Waals surface area contributed by atoms with Gasteiger partial charge in [-0.25, -0.2) is 0 Å². The maximum Gasteiger partial charge on any atom is 0.312 e. The first-order chi connectivity index (χ1) is 13.2. The summed E-state index contributed by atoms with van der Waals surface area (Å²) in [6, 6.07) is 9.38. The van der Waals surface area contributed by atoms with Crippen LogP contribution >= 0.6 is 11.3 Å². The molecular weight excluding hydrogens is 366 g/mol.